The first-order chi connectivity index (χ1) is 14.7. The third kappa shape index (κ3) is 3.60. The topological polar surface area (TPSA) is 51.0 Å². The van der Waals surface area contributed by atoms with Gasteiger partial charge in [-0.1, -0.05) is 35.9 Å². The van der Waals surface area contributed by atoms with Crippen molar-refractivity contribution in [3.05, 3.63) is 101 Å². The lowest BCUT2D eigenvalue weighted by atomic mass is 9.99. The minimum Gasteiger partial charge on any atom is -0.334 e. The number of amides is 1. The Balaban J connectivity index is 1.32. The molecule has 0 spiro atoms. The maximum absolute atomic E-state index is 12.9. The molecule has 0 unspecified atom stereocenters. The van der Waals surface area contributed by atoms with Crippen molar-refractivity contribution in [2.75, 3.05) is 6.54 Å². The lowest BCUT2D eigenvalue weighted by Crippen LogP contribution is -2.35. The highest BCUT2D eigenvalue weighted by Gasteiger charge is 2.21. The number of hydrogen-bond donors (Lipinski definition) is 0. The minimum absolute atomic E-state index is 0.0143. The Hall–Kier alpha value is -3.44. The summed E-state index contributed by atoms with van der Waals surface area (Å²) >= 11 is 5.95. The second-order valence-corrected chi connectivity index (χ2v) is 7.76. The van der Waals surface area contributed by atoms with Gasteiger partial charge in [0.2, 0.25) is 0 Å². The average molecular weight is 415 g/mol. The first-order valence-electron chi connectivity index (χ1n) is 9.80. The molecule has 5 nitrogen and oxygen atoms in total. The first-order valence-corrected chi connectivity index (χ1v) is 10.2. The fraction of sp³-hybridized carbons (Fsp3) is 0.125. The van der Waals surface area contributed by atoms with Gasteiger partial charge < -0.3 is 4.90 Å². The molecule has 6 heteroatoms. The number of carbonyl (C=O) groups excluding carboxylic acids is 1. The van der Waals surface area contributed by atoms with Gasteiger partial charge in [-0.3, -0.25) is 9.78 Å². The van der Waals surface area contributed by atoms with Crippen LogP contribution in [-0.4, -0.2) is 32.1 Å². The van der Waals surface area contributed by atoms with Crippen LogP contribution in [0, 0.1) is 0 Å². The number of carbonyl (C=O) groups is 1. The van der Waals surface area contributed by atoms with Crippen LogP contribution in [0.2, 0.25) is 5.02 Å². The zero-order valence-corrected chi connectivity index (χ0v) is 17.0. The molecule has 0 bridgehead atoms. The number of benzene rings is 2. The second-order valence-electron chi connectivity index (χ2n) is 7.33. The summed E-state index contributed by atoms with van der Waals surface area (Å²) in [4.78, 5) is 19.3. The van der Waals surface area contributed by atoms with Crippen LogP contribution < -0.4 is 0 Å². The second kappa shape index (κ2) is 7.76. The summed E-state index contributed by atoms with van der Waals surface area (Å²) in [5, 5.41) is 5.09. The third-order valence-electron chi connectivity index (χ3n) is 5.40. The van der Waals surface area contributed by atoms with Crippen LogP contribution in [-0.2, 0) is 13.0 Å². The van der Waals surface area contributed by atoms with Crippen LogP contribution in [0.4, 0.5) is 0 Å². The summed E-state index contributed by atoms with van der Waals surface area (Å²) in [6.45, 7) is 1.37. The maximum Gasteiger partial charge on any atom is 0.255 e. The van der Waals surface area contributed by atoms with E-state index in [0.29, 0.717) is 17.1 Å². The van der Waals surface area contributed by atoms with Crippen LogP contribution in [0.3, 0.4) is 0 Å². The SMILES string of the molecule is O=C(c1ccc(-c2cnn(-c3ccc(Cl)cc3)c2)nc1)N1CCc2ccccc2C1. The van der Waals surface area contributed by atoms with Crippen molar-refractivity contribution in [3.8, 4) is 16.9 Å². The zero-order valence-electron chi connectivity index (χ0n) is 16.2. The molecule has 0 radical (unpaired) electrons. The van der Waals surface area contributed by atoms with Crippen molar-refractivity contribution < 1.29 is 4.79 Å². The van der Waals surface area contributed by atoms with Gasteiger partial charge in [-0.25, -0.2) is 4.68 Å². The molecule has 2 aromatic heterocycles. The molecule has 0 saturated heterocycles. The van der Waals surface area contributed by atoms with Gasteiger partial charge in [-0.2, -0.15) is 5.10 Å². The molecule has 0 fully saturated rings. The van der Waals surface area contributed by atoms with E-state index >= 15 is 0 Å². The predicted molar refractivity (Wildman–Crippen MR) is 117 cm³/mol. The Bertz CT molecular complexity index is 1200. The van der Waals surface area contributed by atoms with Crippen LogP contribution in [0.1, 0.15) is 21.5 Å². The van der Waals surface area contributed by atoms with Gasteiger partial charge in [-0.15, -0.1) is 0 Å². The Morgan fingerprint density at radius 1 is 0.933 bits per heavy atom. The highest BCUT2D eigenvalue weighted by Crippen LogP contribution is 2.22. The molecule has 1 aliphatic heterocycles. The number of halogens is 1. The quantitative estimate of drug-likeness (QED) is 0.484. The van der Waals surface area contributed by atoms with Crippen molar-refractivity contribution in [3.63, 3.8) is 0 Å². The van der Waals surface area contributed by atoms with Gasteiger partial charge in [0.05, 0.1) is 23.1 Å². The molecule has 1 amide bonds. The van der Waals surface area contributed by atoms with E-state index in [-0.39, 0.29) is 5.91 Å². The molecule has 5 rings (SSSR count). The number of aromatic nitrogens is 3. The average Bonchev–Trinajstić information content (AvgIpc) is 3.29. The fourth-order valence-electron chi connectivity index (χ4n) is 3.73. The summed E-state index contributed by atoms with van der Waals surface area (Å²) in [7, 11) is 0. The molecule has 30 heavy (non-hydrogen) atoms. The molecule has 4 aromatic rings. The van der Waals surface area contributed by atoms with Gasteiger partial charge in [0.25, 0.3) is 5.91 Å². The predicted octanol–water partition coefficient (Wildman–Crippen LogP) is 4.79. The van der Waals surface area contributed by atoms with Crippen molar-refractivity contribution in [1.29, 1.82) is 0 Å². The van der Waals surface area contributed by atoms with E-state index in [4.69, 9.17) is 11.6 Å². The Morgan fingerprint density at radius 3 is 2.50 bits per heavy atom. The third-order valence-corrected chi connectivity index (χ3v) is 5.65. The van der Waals surface area contributed by atoms with Gasteiger partial charge in [-0.05, 0) is 53.9 Å². The smallest absolute Gasteiger partial charge is 0.255 e. The van der Waals surface area contributed by atoms with Gasteiger partial charge in [0.1, 0.15) is 0 Å². The number of pyridine rings is 1. The minimum atomic E-state index is 0.0143. The largest absolute Gasteiger partial charge is 0.334 e. The molecule has 1 aliphatic rings. The Morgan fingerprint density at radius 2 is 1.73 bits per heavy atom. The summed E-state index contributed by atoms with van der Waals surface area (Å²) in [6.07, 6.45) is 6.21. The van der Waals surface area contributed by atoms with Crippen molar-refractivity contribution in [1.82, 2.24) is 19.7 Å². The van der Waals surface area contributed by atoms with Crippen LogP contribution in [0.15, 0.2) is 79.3 Å². The summed E-state index contributed by atoms with van der Waals surface area (Å²) in [5.74, 6) is 0.0143. The van der Waals surface area contributed by atoms with Crippen molar-refractivity contribution in [2.45, 2.75) is 13.0 Å². The number of fused-ring (bicyclic) bond motifs is 1. The summed E-state index contributed by atoms with van der Waals surface area (Å²) in [5.41, 5.74) is 5.72. The molecule has 0 aliphatic carbocycles. The van der Waals surface area contributed by atoms with Crippen LogP contribution in [0.5, 0.6) is 0 Å². The lowest BCUT2D eigenvalue weighted by molar-refractivity contribution is 0.0734. The van der Waals surface area contributed by atoms with Crippen molar-refractivity contribution >= 4 is 17.5 Å². The maximum atomic E-state index is 12.9. The van der Waals surface area contributed by atoms with E-state index in [2.05, 4.69) is 22.2 Å². The number of rotatable bonds is 3. The van der Waals surface area contributed by atoms with E-state index in [1.54, 1.807) is 17.1 Å². The standard InChI is InChI=1S/C24H19ClN4O/c25-21-6-8-22(9-7-21)29-16-20(14-27-29)23-10-5-18(13-26-23)24(30)28-12-11-17-3-1-2-4-19(17)15-28/h1-10,13-14,16H,11-12,15H2. The summed E-state index contributed by atoms with van der Waals surface area (Å²) in [6, 6.07) is 19.5. The molecule has 2 aromatic carbocycles. The van der Waals surface area contributed by atoms with Gasteiger partial charge in [0, 0.05) is 36.1 Å². The molecule has 0 saturated carbocycles. The zero-order chi connectivity index (χ0) is 20.5. The van der Waals surface area contributed by atoms with Gasteiger partial charge >= 0.3 is 0 Å². The molecular weight excluding hydrogens is 396 g/mol. The fourth-order valence-corrected chi connectivity index (χ4v) is 3.86. The summed E-state index contributed by atoms with van der Waals surface area (Å²) < 4.78 is 1.78. The van der Waals surface area contributed by atoms with E-state index in [1.165, 1.54) is 11.1 Å². The monoisotopic (exact) mass is 414 g/mol. The van der Waals surface area contributed by atoms with E-state index in [1.807, 2.05) is 59.6 Å². The van der Waals surface area contributed by atoms with Crippen LogP contribution >= 0.6 is 11.6 Å². The number of hydrogen-bond acceptors (Lipinski definition) is 3. The Kier molecular flexibility index (Phi) is 4.81. The highest BCUT2D eigenvalue weighted by atomic mass is 35.5. The van der Waals surface area contributed by atoms with Crippen molar-refractivity contribution in [2.24, 2.45) is 0 Å². The lowest BCUT2D eigenvalue weighted by Gasteiger charge is -2.28. The molecule has 148 valence electrons. The highest BCUT2D eigenvalue weighted by molar-refractivity contribution is 6.30. The normalized spacial score (nSPS) is 13.2. The molecule has 3 heterocycles. The molecular formula is C24H19ClN4O. The van der Waals surface area contributed by atoms with E-state index in [0.717, 1.165) is 29.9 Å². The van der Waals surface area contributed by atoms with Gasteiger partial charge in [0.15, 0.2) is 0 Å². The first kappa shape index (κ1) is 18.6. The van der Waals surface area contributed by atoms with Crippen LogP contribution in [0.25, 0.3) is 16.9 Å². The van der Waals surface area contributed by atoms with E-state index in [9.17, 15) is 4.79 Å². The number of nitrogens with zero attached hydrogens (tertiary/aromatic N) is 4. The Labute approximate surface area is 179 Å². The van der Waals surface area contributed by atoms with E-state index < -0.39 is 0 Å². The molecule has 0 N–H and O–H groups in total. The molecule has 0 atom stereocenters.